The molecule has 1 aromatic carbocycles. The van der Waals surface area contributed by atoms with Gasteiger partial charge in [-0.1, -0.05) is 50.0 Å². The minimum absolute atomic E-state index is 0.241. The van der Waals surface area contributed by atoms with E-state index in [0.29, 0.717) is 15.6 Å². The highest BCUT2D eigenvalue weighted by Crippen LogP contribution is 2.37. The fraction of sp³-hybridized carbons (Fsp3) is 0.250. The van der Waals surface area contributed by atoms with Gasteiger partial charge in [0.1, 0.15) is 0 Å². The Bertz CT molecular complexity index is 641. The van der Waals surface area contributed by atoms with Crippen molar-refractivity contribution in [3.05, 3.63) is 51.5 Å². The van der Waals surface area contributed by atoms with Crippen LogP contribution in [0.5, 0.6) is 0 Å². The van der Waals surface area contributed by atoms with E-state index in [0.717, 1.165) is 5.57 Å². The van der Waals surface area contributed by atoms with Crippen LogP contribution in [0, 0.1) is 5.41 Å². The van der Waals surface area contributed by atoms with E-state index in [-0.39, 0.29) is 11.0 Å². The van der Waals surface area contributed by atoms with Gasteiger partial charge in [0.15, 0.2) is 0 Å². The van der Waals surface area contributed by atoms with Crippen LogP contribution in [0.15, 0.2) is 35.9 Å². The van der Waals surface area contributed by atoms with E-state index in [1.807, 2.05) is 20.8 Å². The average molecular weight is 309 g/mol. The number of rotatable bonds is 1. The third kappa shape index (κ3) is 2.72. The highest BCUT2D eigenvalue weighted by Gasteiger charge is 2.30. The van der Waals surface area contributed by atoms with Gasteiger partial charge in [0.2, 0.25) is 11.6 Å². The smallest absolute Gasteiger partial charge is 0.233 e. The minimum atomic E-state index is -0.576. The predicted molar refractivity (Wildman–Crippen MR) is 82.0 cm³/mol. The van der Waals surface area contributed by atoms with E-state index >= 15 is 0 Å². The van der Waals surface area contributed by atoms with Crippen LogP contribution in [0.4, 0.5) is 0 Å². The second-order valence-corrected chi connectivity index (χ2v) is 6.51. The fourth-order valence-corrected chi connectivity index (χ4v) is 2.58. The molecule has 0 radical (unpaired) electrons. The van der Waals surface area contributed by atoms with Crippen LogP contribution < -0.4 is 0 Å². The number of hydrogen-bond acceptors (Lipinski definition) is 2. The number of benzene rings is 1. The lowest BCUT2D eigenvalue weighted by molar-refractivity contribution is -0.130. The molecular weight excluding hydrogens is 295 g/mol. The molecule has 104 valence electrons. The van der Waals surface area contributed by atoms with Crippen molar-refractivity contribution in [1.29, 1.82) is 0 Å². The van der Waals surface area contributed by atoms with Crippen LogP contribution in [0.3, 0.4) is 0 Å². The average Bonchev–Trinajstić information content (AvgIpc) is 2.32. The SMILES string of the molecule is CC(C)(C)C1=CC(=O)C(=O)C(c2c(Cl)cccc2Cl)=C1. The Labute approximate surface area is 128 Å². The lowest BCUT2D eigenvalue weighted by Crippen LogP contribution is -2.22. The number of hydrogen-bond donors (Lipinski definition) is 0. The van der Waals surface area contributed by atoms with Crippen LogP contribution in [0.2, 0.25) is 10.0 Å². The van der Waals surface area contributed by atoms with E-state index in [4.69, 9.17) is 23.2 Å². The van der Waals surface area contributed by atoms with E-state index < -0.39 is 11.6 Å². The summed E-state index contributed by atoms with van der Waals surface area (Å²) < 4.78 is 0. The van der Waals surface area contributed by atoms with Gasteiger partial charge in [0.05, 0.1) is 10.0 Å². The number of ketones is 2. The van der Waals surface area contributed by atoms with Crippen molar-refractivity contribution in [3.63, 3.8) is 0 Å². The maximum Gasteiger partial charge on any atom is 0.233 e. The van der Waals surface area contributed by atoms with E-state index in [1.165, 1.54) is 6.08 Å². The zero-order valence-corrected chi connectivity index (χ0v) is 13.0. The molecule has 0 saturated carbocycles. The number of carbonyl (C=O) groups excluding carboxylic acids is 2. The molecule has 0 unspecified atom stereocenters. The second kappa shape index (κ2) is 5.19. The topological polar surface area (TPSA) is 34.1 Å². The molecule has 4 heteroatoms. The molecule has 0 spiro atoms. The summed E-state index contributed by atoms with van der Waals surface area (Å²) in [6, 6.07) is 5.00. The van der Waals surface area contributed by atoms with Crippen molar-refractivity contribution in [1.82, 2.24) is 0 Å². The molecule has 20 heavy (non-hydrogen) atoms. The molecule has 0 heterocycles. The van der Waals surface area contributed by atoms with E-state index in [2.05, 4.69) is 0 Å². The number of carbonyl (C=O) groups is 2. The molecule has 1 aromatic rings. The Morgan fingerprint density at radius 2 is 1.50 bits per heavy atom. The normalized spacial score (nSPS) is 16.1. The van der Waals surface area contributed by atoms with Crippen molar-refractivity contribution in [2.24, 2.45) is 5.41 Å². The number of allylic oxidation sites excluding steroid dienone is 4. The fourth-order valence-electron chi connectivity index (χ4n) is 1.98. The molecule has 2 nitrogen and oxygen atoms in total. The lowest BCUT2D eigenvalue weighted by atomic mass is 9.80. The summed E-state index contributed by atoms with van der Waals surface area (Å²) in [5.41, 5.74) is 1.23. The van der Waals surface area contributed by atoms with Gasteiger partial charge in [-0.05, 0) is 35.3 Å². The Balaban J connectivity index is 2.66. The van der Waals surface area contributed by atoms with Crippen molar-refractivity contribution < 1.29 is 9.59 Å². The summed E-state index contributed by atoms with van der Waals surface area (Å²) in [5, 5.41) is 0.722. The van der Waals surface area contributed by atoms with Crippen molar-refractivity contribution in [3.8, 4) is 0 Å². The second-order valence-electron chi connectivity index (χ2n) is 5.70. The molecule has 0 fully saturated rings. The number of halogens is 2. The Morgan fingerprint density at radius 1 is 0.950 bits per heavy atom. The van der Waals surface area contributed by atoms with Crippen LogP contribution in [-0.4, -0.2) is 11.6 Å². The molecule has 0 amide bonds. The zero-order valence-electron chi connectivity index (χ0n) is 11.5. The molecule has 1 aliphatic rings. The zero-order chi connectivity index (χ0) is 15.1. The quantitative estimate of drug-likeness (QED) is 0.565. The van der Waals surface area contributed by atoms with Gasteiger partial charge in [-0.25, -0.2) is 0 Å². The summed E-state index contributed by atoms with van der Waals surface area (Å²) in [6.45, 7) is 5.93. The van der Waals surface area contributed by atoms with Crippen molar-refractivity contribution >= 4 is 40.3 Å². The van der Waals surface area contributed by atoms with Gasteiger partial charge < -0.3 is 0 Å². The van der Waals surface area contributed by atoms with E-state index in [9.17, 15) is 9.59 Å². The van der Waals surface area contributed by atoms with Crippen molar-refractivity contribution in [2.75, 3.05) is 0 Å². The first kappa shape index (κ1) is 15.0. The summed E-state index contributed by atoms with van der Waals surface area (Å²) in [4.78, 5) is 24.0. The monoisotopic (exact) mass is 308 g/mol. The van der Waals surface area contributed by atoms with Gasteiger partial charge in [0.25, 0.3) is 0 Å². The maximum atomic E-state index is 12.1. The molecule has 0 atom stereocenters. The lowest BCUT2D eigenvalue weighted by Gasteiger charge is -2.24. The highest BCUT2D eigenvalue weighted by atomic mass is 35.5. The molecule has 0 N–H and O–H groups in total. The first-order valence-electron chi connectivity index (χ1n) is 6.18. The van der Waals surface area contributed by atoms with Gasteiger partial charge >= 0.3 is 0 Å². The maximum absolute atomic E-state index is 12.1. The molecular formula is C16H14Cl2O2. The van der Waals surface area contributed by atoms with Gasteiger partial charge in [-0.3, -0.25) is 9.59 Å². The third-order valence-electron chi connectivity index (χ3n) is 3.15. The Hall–Kier alpha value is -1.38. The third-order valence-corrected chi connectivity index (χ3v) is 3.78. The van der Waals surface area contributed by atoms with Gasteiger partial charge in [-0.2, -0.15) is 0 Å². The van der Waals surface area contributed by atoms with E-state index in [1.54, 1.807) is 24.3 Å². The Morgan fingerprint density at radius 3 is 2.00 bits per heavy atom. The molecule has 2 rings (SSSR count). The van der Waals surface area contributed by atoms with Gasteiger partial charge in [-0.15, -0.1) is 0 Å². The molecule has 1 aliphatic carbocycles. The summed E-state index contributed by atoms with van der Waals surface area (Å²) >= 11 is 12.3. The summed E-state index contributed by atoms with van der Waals surface area (Å²) in [7, 11) is 0. The first-order valence-corrected chi connectivity index (χ1v) is 6.94. The largest absolute Gasteiger partial charge is 0.286 e. The summed E-state index contributed by atoms with van der Waals surface area (Å²) in [6.07, 6.45) is 3.09. The highest BCUT2D eigenvalue weighted by molar-refractivity contribution is 6.59. The van der Waals surface area contributed by atoms with Crippen LogP contribution in [0.25, 0.3) is 5.57 Å². The predicted octanol–water partition coefficient (Wildman–Crippen LogP) is 4.50. The number of Topliss-reactive ketones (excluding diaryl/α,β-unsaturated/α-hetero) is 1. The standard InChI is InChI=1S/C16H14Cl2O2/c1-16(2,3)9-7-10(15(20)13(19)8-9)14-11(17)5-4-6-12(14)18/h4-8H,1-3H3. The molecule has 0 saturated heterocycles. The Kier molecular flexibility index (Phi) is 3.90. The first-order chi connectivity index (χ1) is 9.21. The summed E-state index contributed by atoms with van der Waals surface area (Å²) in [5.74, 6) is -1.11. The van der Waals surface area contributed by atoms with Crippen LogP contribution in [-0.2, 0) is 9.59 Å². The van der Waals surface area contributed by atoms with Crippen molar-refractivity contribution in [2.45, 2.75) is 20.8 Å². The molecule has 0 aromatic heterocycles. The van der Waals surface area contributed by atoms with Gasteiger partial charge in [0, 0.05) is 11.1 Å². The van der Waals surface area contributed by atoms with Crippen LogP contribution in [0.1, 0.15) is 26.3 Å². The minimum Gasteiger partial charge on any atom is -0.286 e. The van der Waals surface area contributed by atoms with Crippen LogP contribution >= 0.6 is 23.2 Å². The molecule has 0 aliphatic heterocycles. The molecule has 0 bridgehead atoms.